The predicted octanol–water partition coefficient (Wildman–Crippen LogP) is 1.21. The van der Waals surface area contributed by atoms with Crippen LogP contribution in [0.25, 0.3) is 0 Å². The summed E-state index contributed by atoms with van der Waals surface area (Å²) >= 11 is 0. The molecule has 3 rings (SSSR count). The van der Waals surface area contributed by atoms with Crippen LogP contribution in [0, 0.1) is 0 Å². The molecule has 6 nitrogen and oxygen atoms in total. The normalized spacial score (nSPS) is 25.4. The molecule has 108 valence electrons. The van der Waals surface area contributed by atoms with E-state index in [9.17, 15) is 4.79 Å². The minimum absolute atomic E-state index is 0.256. The maximum absolute atomic E-state index is 11.7. The van der Waals surface area contributed by atoms with E-state index in [1.165, 1.54) is 7.11 Å². The molecule has 2 heterocycles. The van der Waals surface area contributed by atoms with Crippen molar-refractivity contribution in [3.05, 3.63) is 17.8 Å². The molecular weight excluding hydrogens is 258 g/mol. The monoisotopic (exact) mass is 277 g/mol. The Morgan fingerprint density at radius 3 is 3.20 bits per heavy atom. The van der Waals surface area contributed by atoms with Crippen molar-refractivity contribution in [1.82, 2.24) is 4.98 Å². The fourth-order valence-electron chi connectivity index (χ4n) is 3.17. The first kappa shape index (κ1) is 13.2. The number of esters is 1. The molecule has 0 bridgehead atoms. The molecule has 1 saturated heterocycles. The van der Waals surface area contributed by atoms with E-state index in [0.717, 1.165) is 25.8 Å². The second-order valence-corrected chi connectivity index (χ2v) is 5.19. The SMILES string of the molecule is COC(=O)c1ccnc(N2CCOC3CCCC32)c1N. The zero-order chi connectivity index (χ0) is 14.1. The van der Waals surface area contributed by atoms with Crippen LogP contribution in [0.2, 0.25) is 0 Å². The van der Waals surface area contributed by atoms with Crippen LogP contribution >= 0.6 is 0 Å². The highest BCUT2D eigenvalue weighted by molar-refractivity contribution is 5.97. The summed E-state index contributed by atoms with van der Waals surface area (Å²) in [4.78, 5) is 18.3. The maximum atomic E-state index is 11.7. The molecule has 0 spiro atoms. The molecule has 2 fully saturated rings. The Labute approximate surface area is 117 Å². The lowest BCUT2D eigenvalue weighted by atomic mass is 10.1. The lowest BCUT2D eigenvalue weighted by molar-refractivity contribution is 0.0254. The summed E-state index contributed by atoms with van der Waals surface area (Å²) in [7, 11) is 1.35. The first-order chi connectivity index (χ1) is 9.72. The van der Waals surface area contributed by atoms with Crippen molar-refractivity contribution in [3.63, 3.8) is 0 Å². The van der Waals surface area contributed by atoms with Gasteiger partial charge in [0.25, 0.3) is 0 Å². The highest BCUT2D eigenvalue weighted by atomic mass is 16.5. The van der Waals surface area contributed by atoms with Crippen LogP contribution in [0.3, 0.4) is 0 Å². The Balaban J connectivity index is 1.95. The van der Waals surface area contributed by atoms with Crippen molar-refractivity contribution in [2.24, 2.45) is 0 Å². The molecule has 0 amide bonds. The van der Waals surface area contributed by atoms with Gasteiger partial charge < -0.3 is 20.1 Å². The van der Waals surface area contributed by atoms with Crippen LogP contribution < -0.4 is 10.6 Å². The first-order valence-corrected chi connectivity index (χ1v) is 6.93. The molecule has 1 aliphatic carbocycles. The van der Waals surface area contributed by atoms with Crippen molar-refractivity contribution in [2.45, 2.75) is 31.4 Å². The van der Waals surface area contributed by atoms with Gasteiger partial charge in [-0.1, -0.05) is 0 Å². The van der Waals surface area contributed by atoms with Gasteiger partial charge in [0.2, 0.25) is 0 Å². The summed E-state index contributed by atoms with van der Waals surface area (Å²) in [5.41, 5.74) is 6.90. The van der Waals surface area contributed by atoms with Crippen molar-refractivity contribution in [3.8, 4) is 0 Å². The van der Waals surface area contributed by atoms with Crippen LogP contribution in [-0.4, -0.2) is 43.4 Å². The standard InChI is InChI=1S/C14H19N3O3/c1-19-14(18)9-5-6-16-13(12(9)15)17-7-8-20-11-4-2-3-10(11)17/h5-6,10-11H,2-4,7-8,15H2,1H3. The second kappa shape index (κ2) is 5.28. The van der Waals surface area contributed by atoms with Gasteiger partial charge in [0, 0.05) is 12.7 Å². The number of aromatic nitrogens is 1. The molecule has 2 aliphatic rings. The van der Waals surface area contributed by atoms with E-state index in [4.69, 9.17) is 15.2 Å². The van der Waals surface area contributed by atoms with Gasteiger partial charge in [0.15, 0.2) is 5.82 Å². The number of morpholine rings is 1. The summed E-state index contributed by atoms with van der Waals surface area (Å²) in [6.07, 6.45) is 5.18. The van der Waals surface area contributed by atoms with E-state index in [1.807, 2.05) is 0 Å². The number of ether oxygens (including phenoxy) is 2. The molecule has 0 aromatic carbocycles. The van der Waals surface area contributed by atoms with Gasteiger partial charge in [-0.15, -0.1) is 0 Å². The maximum Gasteiger partial charge on any atom is 0.340 e. The van der Waals surface area contributed by atoms with E-state index in [-0.39, 0.29) is 6.10 Å². The van der Waals surface area contributed by atoms with Crippen molar-refractivity contribution in [1.29, 1.82) is 0 Å². The number of nitrogens with zero attached hydrogens (tertiary/aromatic N) is 2. The van der Waals surface area contributed by atoms with Gasteiger partial charge >= 0.3 is 5.97 Å². The third-order valence-corrected chi connectivity index (χ3v) is 4.13. The topological polar surface area (TPSA) is 77.7 Å². The Kier molecular flexibility index (Phi) is 3.48. The van der Waals surface area contributed by atoms with Crippen LogP contribution in [-0.2, 0) is 9.47 Å². The smallest absolute Gasteiger partial charge is 0.340 e. The number of methoxy groups -OCH3 is 1. The summed E-state index contributed by atoms with van der Waals surface area (Å²) in [6, 6.07) is 1.91. The summed E-state index contributed by atoms with van der Waals surface area (Å²) in [5.74, 6) is 0.246. The summed E-state index contributed by atoms with van der Waals surface area (Å²) in [6.45, 7) is 1.42. The molecule has 20 heavy (non-hydrogen) atoms. The lowest BCUT2D eigenvalue weighted by Gasteiger charge is -2.39. The molecule has 0 radical (unpaired) electrons. The molecule has 2 unspecified atom stereocenters. The molecule has 6 heteroatoms. The molecule has 1 aromatic rings. The average Bonchev–Trinajstić information content (AvgIpc) is 2.95. The third-order valence-electron chi connectivity index (χ3n) is 4.13. The number of nitrogens with two attached hydrogens (primary N) is 1. The third kappa shape index (κ3) is 2.10. The Morgan fingerprint density at radius 2 is 2.40 bits per heavy atom. The van der Waals surface area contributed by atoms with Gasteiger partial charge in [-0.05, 0) is 25.3 Å². The second-order valence-electron chi connectivity index (χ2n) is 5.19. The number of hydrogen-bond acceptors (Lipinski definition) is 6. The van der Waals surface area contributed by atoms with Gasteiger partial charge in [-0.2, -0.15) is 0 Å². The summed E-state index contributed by atoms with van der Waals surface area (Å²) in [5, 5.41) is 0. The fourth-order valence-corrected chi connectivity index (χ4v) is 3.17. The van der Waals surface area contributed by atoms with Crippen molar-refractivity contribution < 1.29 is 14.3 Å². The minimum Gasteiger partial charge on any atom is -0.465 e. The first-order valence-electron chi connectivity index (χ1n) is 6.93. The number of carbonyl (C=O) groups is 1. The molecular formula is C14H19N3O3. The molecule has 2 atom stereocenters. The predicted molar refractivity (Wildman–Crippen MR) is 74.7 cm³/mol. The number of nitrogen functional groups attached to an aromatic ring is 1. The van der Waals surface area contributed by atoms with Crippen molar-refractivity contribution in [2.75, 3.05) is 30.9 Å². The molecule has 1 saturated carbocycles. The number of pyridine rings is 1. The van der Waals surface area contributed by atoms with E-state index >= 15 is 0 Å². The highest BCUT2D eigenvalue weighted by Gasteiger charge is 2.37. The number of hydrogen-bond donors (Lipinski definition) is 1. The zero-order valence-corrected chi connectivity index (χ0v) is 11.5. The largest absolute Gasteiger partial charge is 0.465 e. The molecule has 1 aliphatic heterocycles. The van der Waals surface area contributed by atoms with E-state index in [1.54, 1.807) is 12.3 Å². The Hall–Kier alpha value is -1.82. The van der Waals surface area contributed by atoms with E-state index in [0.29, 0.717) is 29.7 Å². The number of carbonyl (C=O) groups excluding carboxylic acids is 1. The van der Waals surface area contributed by atoms with E-state index in [2.05, 4.69) is 9.88 Å². The fraction of sp³-hybridized carbons (Fsp3) is 0.571. The van der Waals surface area contributed by atoms with Gasteiger partial charge in [-0.3, -0.25) is 0 Å². The van der Waals surface area contributed by atoms with Gasteiger partial charge in [-0.25, -0.2) is 9.78 Å². The van der Waals surface area contributed by atoms with Gasteiger partial charge in [0.05, 0.1) is 37.1 Å². The average molecular weight is 277 g/mol. The van der Waals surface area contributed by atoms with Crippen molar-refractivity contribution >= 4 is 17.5 Å². The lowest BCUT2D eigenvalue weighted by Crippen LogP contribution is -2.49. The summed E-state index contributed by atoms with van der Waals surface area (Å²) < 4.78 is 10.5. The van der Waals surface area contributed by atoms with Gasteiger partial charge in [0.1, 0.15) is 0 Å². The van der Waals surface area contributed by atoms with E-state index < -0.39 is 5.97 Å². The minimum atomic E-state index is -0.428. The highest BCUT2D eigenvalue weighted by Crippen LogP contribution is 2.35. The van der Waals surface area contributed by atoms with Crippen LogP contribution in [0.15, 0.2) is 12.3 Å². The number of anilines is 2. The van der Waals surface area contributed by atoms with Crippen LogP contribution in [0.5, 0.6) is 0 Å². The Morgan fingerprint density at radius 1 is 1.55 bits per heavy atom. The number of rotatable bonds is 2. The molecule has 1 aromatic heterocycles. The number of fused-ring (bicyclic) bond motifs is 1. The van der Waals surface area contributed by atoms with Crippen LogP contribution in [0.1, 0.15) is 29.6 Å². The quantitative estimate of drug-likeness (QED) is 0.819. The van der Waals surface area contributed by atoms with Crippen LogP contribution in [0.4, 0.5) is 11.5 Å². The Bertz CT molecular complexity index is 520. The molecule has 2 N–H and O–H groups in total. The zero-order valence-electron chi connectivity index (χ0n) is 11.5.